The van der Waals surface area contributed by atoms with E-state index in [0.29, 0.717) is 19.8 Å². The zero-order valence-corrected chi connectivity index (χ0v) is 18.2. The van der Waals surface area contributed by atoms with Gasteiger partial charge in [-0.2, -0.15) is 0 Å². The fourth-order valence-electron chi connectivity index (χ4n) is 3.41. The lowest BCUT2D eigenvalue weighted by molar-refractivity contribution is 0.0169. The molecule has 0 saturated carbocycles. The number of halogens is 1. The minimum atomic E-state index is -0.211. The van der Waals surface area contributed by atoms with E-state index in [1.165, 1.54) is 10.9 Å². The number of nitrogens with one attached hydrogen (secondary N) is 2. The zero-order chi connectivity index (χ0) is 20.6. The molecule has 2 heterocycles. The molecule has 0 bridgehead atoms. The zero-order valence-electron chi connectivity index (χ0n) is 17.4. The first-order valence-electron chi connectivity index (χ1n) is 10.0. The molecule has 0 spiro atoms. The van der Waals surface area contributed by atoms with Crippen LogP contribution in [0.2, 0.25) is 0 Å². The Morgan fingerprint density at radius 2 is 2.10 bits per heavy atom. The number of ether oxygens (including phenoxy) is 1. The van der Waals surface area contributed by atoms with E-state index in [1.54, 1.807) is 30.5 Å². The minimum Gasteiger partial charge on any atom is -0.379 e. The topological polar surface area (TPSA) is 61.8 Å². The van der Waals surface area contributed by atoms with E-state index in [1.807, 2.05) is 13.0 Å². The first-order valence-corrected chi connectivity index (χ1v) is 10.8. The van der Waals surface area contributed by atoms with Gasteiger partial charge < -0.3 is 15.4 Å². The number of rotatable bonds is 7. The lowest BCUT2D eigenvalue weighted by Crippen LogP contribution is -2.46. The number of guanidine groups is 1. The summed E-state index contributed by atoms with van der Waals surface area (Å²) < 4.78 is 19.3. The average Bonchev–Trinajstić information content (AvgIpc) is 3.05. The molecule has 0 radical (unpaired) electrons. The van der Waals surface area contributed by atoms with Crippen molar-refractivity contribution in [3.8, 4) is 0 Å². The molecule has 0 amide bonds. The second-order valence-corrected chi connectivity index (χ2v) is 8.39. The van der Waals surface area contributed by atoms with Crippen LogP contribution < -0.4 is 10.6 Å². The van der Waals surface area contributed by atoms with E-state index >= 15 is 0 Å². The van der Waals surface area contributed by atoms with Crippen LogP contribution in [0.25, 0.3) is 0 Å². The lowest BCUT2D eigenvalue weighted by Gasteiger charge is -2.35. The fraction of sp³-hybridized carbons (Fsp3) is 0.524. The molecule has 0 aliphatic carbocycles. The minimum absolute atomic E-state index is 0.0532. The molecule has 1 aromatic carbocycles. The maximum absolute atomic E-state index is 13.8. The van der Waals surface area contributed by atoms with Crippen LogP contribution >= 0.6 is 11.3 Å². The molecule has 2 N–H and O–H groups in total. The van der Waals surface area contributed by atoms with Crippen molar-refractivity contribution in [1.82, 2.24) is 20.5 Å². The van der Waals surface area contributed by atoms with E-state index in [-0.39, 0.29) is 11.9 Å². The summed E-state index contributed by atoms with van der Waals surface area (Å²) in [5, 5.41) is 7.89. The number of aromatic nitrogens is 1. The SMILES string of the molecule is CN=C(NCCc1nc(C)c(C)s1)NCC(c1cccc(F)c1)N1CCOCC1. The number of nitrogens with zero attached hydrogens (tertiary/aromatic N) is 3. The van der Waals surface area contributed by atoms with Crippen molar-refractivity contribution in [1.29, 1.82) is 0 Å². The summed E-state index contributed by atoms with van der Waals surface area (Å²) in [6.07, 6.45) is 0.858. The molecule has 1 aliphatic heterocycles. The number of hydrogen-bond donors (Lipinski definition) is 2. The number of benzene rings is 1. The third-order valence-corrected chi connectivity index (χ3v) is 6.24. The highest BCUT2D eigenvalue weighted by molar-refractivity contribution is 7.11. The molecule has 2 aromatic rings. The van der Waals surface area contributed by atoms with E-state index < -0.39 is 0 Å². The molecule has 1 aromatic heterocycles. The summed E-state index contributed by atoms with van der Waals surface area (Å²) in [6.45, 7) is 8.60. The normalized spacial score (nSPS) is 16.6. The second-order valence-electron chi connectivity index (χ2n) is 7.10. The van der Waals surface area contributed by atoms with Crippen molar-refractivity contribution in [3.63, 3.8) is 0 Å². The van der Waals surface area contributed by atoms with E-state index in [2.05, 4.69) is 32.4 Å². The van der Waals surface area contributed by atoms with Gasteiger partial charge in [0.2, 0.25) is 0 Å². The highest BCUT2D eigenvalue weighted by atomic mass is 32.1. The Balaban J connectivity index is 1.57. The Bertz CT molecular complexity index is 800. The molecule has 8 heteroatoms. The third-order valence-electron chi connectivity index (χ3n) is 5.11. The molecule has 3 rings (SSSR count). The number of aliphatic imine (C=N–C) groups is 1. The van der Waals surface area contributed by atoms with Gasteiger partial charge in [-0.15, -0.1) is 11.3 Å². The molecular weight excluding hydrogens is 389 g/mol. The molecule has 29 heavy (non-hydrogen) atoms. The summed E-state index contributed by atoms with van der Waals surface area (Å²) >= 11 is 1.74. The van der Waals surface area contributed by atoms with Gasteiger partial charge >= 0.3 is 0 Å². The Morgan fingerprint density at radius 3 is 2.76 bits per heavy atom. The molecule has 158 valence electrons. The highest BCUT2D eigenvalue weighted by Crippen LogP contribution is 2.22. The van der Waals surface area contributed by atoms with Crippen molar-refractivity contribution in [2.75, 3.05) is 46.4 Å². The molecule has 6 nitrogen and oxygen atoms in total. The second kappa shape index (κ2) is 10.7. The van der Waals surface area contributed by atoms with Crippen LogP contribution in [0.15, 0.2) is 29.3 Å². The Labute approximate surface area is 176 Å². The highest BCUT2D eigenvalue weighted by Gasteiger charge is 2.23. The Morgan fingerprint density at radius 1 is 1.31 bits per heavy atom. The first-order chi connectivity index (χ1) is 14.1. The van der Waals surface area contributed by atoms with Crippen LogP contribution in [0, 0.1) is 19.7 Å². The van der Waals surface area contributed by atoms with Crippen molar-refractivity contribution in [2.24, 2.45) is 4.99 Å². The standard InChI is InChI=1S/C21H30FN5OS/c1-15-16(2)29-20(26-15)7-8-24-21(23-3)25-14-19(27-9-11-28-12-10-27)17-5-4-6-18(22)13-17/h4-6,13,19H,7-12,14H2,1-3H3,(H2,23,24,25). The Hall–Kier alpha value is -2.03. The van der Waals surface area contributed by atoms with Gasteiger partial charge in [-0.25, -0.2) is 9.37 Å². The van der Waals surface area contributed by atoms with Crippen LogP contribution in [0.3, 0.4) is 0 Å². The largest absolute Gasteiger partial charge is 0.379 e. The van der Waals surface area contributed by atoms with Gasteiger partial charge in [0.05, 0.1) is 30.0 Å². The van der Waals surface area contributed by atoms with Crippen LogP contribution in [0.1, 0.15) is 27.2 Å². The van der Waals surface area contributed by atoms with E-state index in [4.69, 9.17) is 4.74 Å². The van der Waals surface area contributed by atoms with Gasteiger partial charge in [-0.05, 0) is 31.5 Å². The number of aryl methyl sites for hydroxylation is 2. The van der Waals surface area contributed by atoms with Crippen LogP contribution in [0.4, 0.5) is 4.39 Å². The van der Waals surface area contributed by atoms with Gasteiger partial charge in [0, 0.05) is 44.5 Å². The third kappa shape index (κ3) is 6.22. The quantitative estimate of drug-likeness (QED) is 0.534. The van der Waals surface area contributed by atoms with Crippen LogP contribution in [0.5, 0.6) is 0 Å². The summed E-state index contributed by atoms with van der Waals surface area (Å²) in [6, 6.07) is 6.90. The number of hydrogen-bond acceptors (Lipinski definition) is 5. The summed E-state index contributed by atoms with van der Waals surface area (Å²) in [4.78, 5) is 12.5. The van der Waals surface area contributed by atoms with Crippen molar-refractivity contribution in [2.45, 2.75) is 26.3 Å². The first kappa shape index (κ1) is 21.7. The molecular formula is C21H30FN5OS. The molecule has 1 aliphatic rings. The Kier molecular flexibility index (Phi) is 7.97. The number of thiazole rings is 1. The van der Waals surface area contributed by atoms with Crippen LogP contribution in [-0.4, -0.2) is 62.3 Å². The molecule has 1 fully saturated rings. The molecule has 1 atom stereocenters. The summed E-state index contributed by atoms with van der Waals surface area (Å²) in [7, 11) is 1.76. The van der Waals surface area contributed by atoms with Crippen LogP contribution in [-0.2, 0) is 11.2 Å². The van der Waals surface area contributed by atoms with Gasteiger partial charge in [0.1, 0.15) is 5.82 Å². The van der Waals surface area contributed by atoms with E-state index in [9.17, 15) is 4.39 Å². The maximum Gasteiger partial charge on any atom is 0.191 e. The number of morpholine rings is 1. The van der Waals surface area contributed by atoms with Crippen molar-refractivity contribution < 1.29 is 9.13 Å². The van der Waals surface area contributed by atoms with Gasteiger partial charge in [-0.3, -0.25) is 9.89 Å². The summed E-state index contributed by atoms with van der Waals surface area (Å²) in [5.74, 6) is 0.530. The maximum atomic E-state index is 13.8. The molecule has 1 saturated heterocycles. The van der Waals surface area contributed by atoms with Gasteiger partial charge in [0.25, 0.3) is 0 Å². The summed E-state index contributed by atoms with van der Waals surface area (Å²) in [5.41, 5.74) is 2.07. The van der Waals surface area contributed by atoms with E-state index in [0.717, 1.165) is 48.3 Å². The molecule has 1 unspecified atom stereocenters. The smallest absolute Gasteiger partial charge is 0.191 e. The van der Waals surface area contributed by atoms with Gasteiger partial charge in [0.15, 0.2) is 5.96 Å². The van der Waals surface area contributed by atoms with Crippen molar-refractivity contribution in [3.05, 3.63) is 51.2 Å². The van der Waals surface area contributed by atoms with Gasteiger partial charge in [-0.1, -0.05) is 12.1 Å². The average molecular weight is 420 g/mol. The monoisotopic (exact) mass is 419 g/mol. The predicted octanol–water partition coefficient (Wildman–Crippen LogP) is 2.68. The predicted molar refractivity (Wildman–Crippen MR) is 116 cm³/mol. The fourth-order valence-corrected chi connectivity index (χ4v) is 4.34. The van der Waals surface area contributed by atoms with Crippen molar-refractivity contribution >= 4 is 17.3 Å². The lowest BCUT2D eigenvalue weighted by atomic mass is 10.0.